The summed E-state index contributed by atoms with van der Waals surface area (Å²) < 4.78 is 33.6. The first-order valence-electron chi connectivity index (χ1n) is 21.1. The first-order valence-corrected chi connectivity index (χ1v) is 21.1. The Bertz CT molecular complexity index is 1360. The Kier molecular flexibility index (Phi) is 15.5. The summed E-state index contributed by atoms with van der Waals surface area (Å²) >= 11 is 0. The van der Waals surface area contributed by atoms with Gasteiger partial charge in [0.2, 0.25) is 5.79 Å². The van der Waals surface area contributed by atoms with Gasteiger partial charge >= 0.3 is 29.6 Å². The van der Waals surface area contributed by atoms with Gasteiger partial charge in [0.25, 0.3) is 0 Å². The van der Waals surface area contributed by atoms with Crippen LogP contribution in [-0.2, 0) is 33.3 Å². The van der Waals surface area contributed by atoms with Gasteiger partial charge < -0.3 is 48.9 Å². The maximum Gasteiger partial charge on any atom is 1.00 e. The molecule has 55 heavy (non-hydrogen) atoms. The third kappa shape index (κ3) is 8.89. The number of aliphatic hydroxyl groups is 3. The first kappa shape index (κ1) is 47.2. The monoisotopic (exact) mass is 786 g/mol. The minimum Gasteiger partial charge on any atom is -0.550 e. The zero-order valence-electron chi connectivity index (χ0n) is 35.8. The Morgan fingerprint density at radius 2 is 1.49 bits per heavy atom. The number of ether oxygens (including phenoxy) is 5. The summed E-state index contributed by atoms with van der Waals surface area (Å²) in [5, 5.41) is 46.2. The Morgan fingerprint density at radius 3 is 2.07 bits per heavy atom. The van der Waals surface area contributed by atoms with Crippen LogP contribution in [0.15, 0.2) is 12.2 Å². The third-order valence-electron chi connectivity index (χ3n) is 14.8. The molecule has 310 valence electrons. The number of hydrogen-bond acceptors (Lipinski definition) is 11. The Balaban J connectivity index is 0.00000673. The number of rotatable bonds is 12. The predicted molar refractivity (Wildman–Crippen MR) is 201 cm³/mol. The van der Waals surface area contributed by atoms with E-state index in [9.17, 15) is 30.0 Å². The molecule has 5 aliphatic heterocycles. The van der Waals surface area contributed by atoms with Gasteiger partial charge in [-0.3, -0.25) is 4.79 Å². The fraction of sp³-hybridized carbons (Fsp3) is 0.907. The zero-order valence-corrected chi connectivity index (χ0v) is 37.8. The minimum absolute atomic E-state index is 0. The molecule has 0 amide bonds. The molecular weight excluding hydrogens is 715 g/mol. The number of aliphatic carboxylic acids is 1. The Morgan fingerprint density at radius 1 is 0.873 bits per heavy atom. The van der Waals surface area contributed by atoms with Crippen LogP contribution in [0.2, 0.25) is 0 Å². The van der Waals surface area contributed by atoms with Gasteiger partial charge in [-0.05, 0) is 95.1 Å². The van der Waals surface area contributed by atoms with Gasteiger partial charge in [-0.2, -0.15) is 0 Å². The Hall–Kier alpha value is -0.440. The van der Waals surface area contributed by atoms with E-state index in [1.807, 2.05) is 48.5 Å². The van der Waals surface area contributed by atoms with Crippen LogP contribution < -0.4 is 34.7 Å². The van der Waals surface area contributed by atoms with Crippen molar-refractivity contribution in [3.8, 4) is 0 Å². The number of Topliss-reactive ketones (excluding diaryl/α,β-unsaturated/α-hetero) is 1. The maximum atomic E-state index is 14.5. The third-order valence-corrected chi connectivity index (χ3v) is 14.8. The molecule has 5 heterocycles. The number of carbonyl (C=O) groups is 2. The number of aliphatic hydroxyl groups excluding tert-OH is 2. The van der Waals surface area contributed by atoms with E-state index in [4.69, 9.17) is 23.7 Å². The van der Waals surface area contributed by atoms with Gasteiger partial charge in [0, 0.05) is 42.0 Å². The van der Waals surface area contributed by atoms with Gasteiger partial charge in [-0.1, -0.05) is 62.3 Å². The zero-order chi connectivity index (χ0) is 40.1. The van der Waals surface area contributed by atoms with E-state index in [1.54, 1.807) is 19.1 Å². The van der Waals surface area contributed by atoms with Gasteiger partial charge in [0.05, 0.1) is 47.8 Å². The second kappa shape index (κ2) is 18.0. The molecule has 19 atom stereocenters. The van der Waals surface area contributed by atoms with Gasteiger partial charge in [0.15, 0.2) is 5.79 Å². The summed E-state index contributed by atoms with van der Waals surface area (Å²) in [4.78, 5) is 26.4. The molecule has 0 aromatic heterocycles. The van der Waals surface area contributed by atoms with E-state index >= 15 is 0 Å². The maximum absolute atomic E-state index is 14.5. The Labute approximate surface area is 352 Å². The van der Waals surface area contributed by atoms with Crippen molar-refractivity contribution in [3.05, 3.63) is 12.2 Å². The van der Waals surface area contributed by atoms with Crippen molar-refractivity contribution in [2.24, 2.45) is 47.3 Å². The SMILES string of the molecule is CCC(C(=O)[O-])C1OC(C(C)C(O)C(C)C(=O)C(CC)C2OC3(C=CC(O)C4(CCC(C)(C5CCC(O)(CC)C(C)O5)O4)O3)C(C)CC2C)C(C)CC1C.[Na+]. The van der Waals surface area contributed by atoms with Crippen molar-refractivity contribution in [3.63, 3.8) is 0 Å². The number of carboxylic acid groups (broad SMARTS) is 1. The molecule has 4 saturated heterocycles. The van der Waals surface area contributed by atoms with Crippen molar-refractivity contribution in [2.45, 2.75) is 199 Å². The second-order valence-corrected chi connectivity index (χ2v) is 18.5. The number of ketones is 1. The van der Waals surface area contributed by atoms with Crippen molar-refractivity contribution in [1.29, 1.82) is 0 Å². The van der Waals surface area contributed by atoms with Crippen LogP contribution in [-0.4, -0.2) is 92.6 Å². The van der Waals surface area contributed by atoms with Gasteiger partial charge in [0.1, 0.15) is 11.9 Å². The molecule has 0 aromatic carbocycles. The van der Waals surface area contributed by atoms with E-state index < -0.39 is 82.9 Å². The van der Waals surface area contributed by atoms with Gasteiger partial charge in [-0.25, -0.2) is 0 Å². The molecule has 0 bridgehead atoms. The van der Waals surface area contributed by atoms with Crippen molar-refractivity contribution >= 4 is 11.8 Å². The van der Waals surface area contributed by atoms with Gasteiger partial charge in [-0.15, -0.1) is 0 Å². The summed E-state index contributed by atoms with van der Waals surface area (Å²) in [6.07, 6.45) is 4.51. The van der Waals surface area contributed by atoms with Crippen LogP contribution in [0.3, 0.4) is 0 Å². The van der Waals surface area contributed by atoms with Crippen molar-refractivity contribution in [2.75, 3.05) is 0 Å². The van der Waals surface area contributed by atoms with E-state index in [1.165, 1.54) is 0 Å². The molecule has 11 nitrogen and oxygen atoms in total. The fourth-order valence-electron chi connectivity index (χ4n) is 10.9. The topological polar surface area (TPSA) is 164 Å². The molecule has 12 heteroatoms. The first-order chi connectivity index (χ1) is 25.2. The molecule has 5 aliphatic rings. The van der Waals surface area contributed by atoms with Crippen molar-refractivity contribution in [1.82, 2.24) is 0 Å². The summed E-state index contributed by atoms with van der Waals surface area (Å²) in [6.45, 7) is 21.5. The molecule has 5 rings (SSSR count). The van der Waals surface area contributed by atoms with E-state index in [-0.39, 0.29) is 71.2 Å². The smallest absolute Gasteiger partial charge is 0.550 e. The van der Waals surface area contributed by atoms with Crippen LogP contribution >= 0.6 is 0 Å². The van der Waals surface area contributed by atoms with Crippen LogP contribution in [0, 0.1) is 47.3 Å². The molecule has 0 radical (unpaired) electrons. The van der Waals surface area contributed by atoms with Crippen LogP contribution in [0.1, 0.15) is 134 Å². The van der Waals surface area contributed by atoms with Crippen LogP contribution in [0.4, 0.5) is 0 Å². The fourth-order valence-corrected chi connectivity index (χ4v) is 10.9. The molecule has 2 spiro atoms. The summed E-state index contributed by atoms with van der Waals surface area (Å²) in [5.41, 5.74) is -1.64. The second-order valence-electron chi connectivity index (χ2n) is 18.5. The van der Waals surface area contributed by atoms with E-state index in [0.29, 0.717) is 51.4 Å². The molecule has 0 aliphatic carbocycles. The average Bonchev–Trinajstić information content (AvgIpc) is 3.47. The molecule has 4 fully saturated rings. The summed E-state index contributed by atoms with van der Waals surface area (Å²) in [6, 6.07) is 0. The molecule has 0 saturated carbocycles. The standard InChI is InChI=1S/C43H72O11.Na/c1-12-30(35(46)27(8)34(45)28(9)36-23(4)21-24(5)37(51-36)31(13-2)39(47)48)38-25(6)22-26(7)42(52-38)18-15-32(44)43(54-42)20-19-40(11,53-43)33-16-17-41(49,14-3)29(10)50-33;/h15,18,23-34,36-38,44-45,49H,12-14,16-17,19-22H2,1-11H3,(H,47,48);/q;+1/p-1. The summed E-state index contributed by atoms with van der Waals surface area (Å²) in [5.74, 6) is -6.29. The quantitative estimate of drug-likeness (QED) is 0.196. The molecule has 0 aromatic rings. The van der Waals surface area contributed by atoms with E-state index in [2.05, 4.69) is 20.8 Å². The number of carbonyl (C=O) groups excluding carboxylic acids is 2. The summed E-state index contributed by atoms with van der Waals surface area (Å²) in [7, 11) is 0. The van der Waals surface area contributed by atoms with Crippen molar-refractivity contribution < 1.29 is 83.3 Å². The average molecular weight is 787 g/mol. The molecule has 19 unspecified atom stereocenters. The molecule has 3 N–H and O–H groups in total. The minimum atomic E-state index is -1.38. The largest absolute Gasteiger partial charge is 1.00 e. The van der Waals surface area contributed by atoms with Crippen LogP contribution in [0.25, 0.3) is 0 Å². The predicted octanol–water partition coefficient (Wildman–Crippen LogP) is 2.10. The van der Waals surface area contributed by atoms with Crippen LogP contribution in [0.5, 0.6) is 0 Å². The number of carboxylic acids is 1. The van der Waals surface area contributed by atoms with E-state index in [0.717, 1.165) is 6.42 Å². The normalized spacial score (nSPS) is 46.1. The molecular formula is C43H71NaO11. The number of hydrogen-bond donors (Lipinski definition) is 3.